The van der Waals surface area contributed by atoms with Crippen LogP contribution in [0.25, 0.3) is 0 Å². The van der Waals surface area contributed by atoms with Gasteiger partial charge in [-0.1, -0.05) is 29.8 Å². The molecular formula is C17H26N2O3. The van der Waals surface area contributed by atoms with E-state index in [4.69, 9.17) is 9.84 Å². The van der Waals surface area contributed by atoms with Crippen molar-refractivity contribution in [3.8, 4) is 0 Å². The maximum absolute atomic E-state index is 12.6. The van der Waals surface area contributed by atoms with Gasteiger partial charge in [-0.2, -0.15) is 0 Å². The predicted octanol–water partition coefficient (Wildman–Crippen LogP) is 0.689. The lowest BCUT2D eigenvalue weighted by Gasteiger charge is -2.37. The molecule has 5 heteroatoms. The highest BCUT2D eigenvalue weighted by atomic mass is 16.5. The van der Waals surface area contributed by atoms with Gasteiger partial charge in [0.1, 0.15) is 0 Å². The minimum atomic E-state index is 0.0580. The summed E-state index contributed by atoms with van der Waals surface area (Å²) in [7, 11) is 1.95. The highest BCUT2D eigenvalue weighted by molar-refractivity contribution is 5.79. The van der Waals surface area contributed by atoms with Gasteiger partial charge in [-0.05, 0) is 19.5 Å². The maximum Gasteiger partial charge on any atom is 0.227 e. The zero-order valence-electron chi connectivity index (χ0n) is 13.5. The summed E-state index contributed by atoms with van der Waals surface area (Å²) in [5.74, 6) is 0.149. The van der Waals surface area contributed by atoms with Crippen molar-refractivity contribution in [2.24, 2.45) is 0 Å². The van der Waals surface area contributed by atoms with Crippen LogP contribution in [0.3, 0.4) is 0 Å². The van der Waals surface area contributed by atoms with Crippen LogP contribution in [0, 0.1) is 6.92 Å². The molecule has 1 fully saturated rings. The Hall–Kier alpha value is -1.43. The van der Waals surface area contributed by atoms with Crippen molar-refractivity contribution in [1.29, 1.82) is 0 Å². The van der Waals surface area contributed by atoms with E-state index in [1.807, 2.05) is 42.0 Å². The van der Waals surface area contributed by atoms with Crippen molar-refractivity contribution >= 4 is 5.91 Å². The van der Waals surface area contributed by atoms with Gasteiger partial charge >= 0.3 is 0 Å². The van der Waals surface area contributed by atoms with Crippen LogP contribution in [0.15, 0.2) is 24.3 Å². The molecule has 1 aromatic rings. The number of hydrogen-bond acceptors (Lipinski definition) is 4. The quantitative estimate of drug-likeness (QED) is 0.840. The predicted molar refractivity (Wildman–Crippen MR) is 85.8 cm³/mol. The zero-order chi connectivity index (χ0) is 15.9. The molecular weight excluding hydrogens is 280 g/mol. The molecule has 0 aliphatic carbocycles. The largest absolute Gasteiger partial charge is 0.395 e. The fourth-order valence-electron chi connectivity index (χ4n) is 2.85. The van der Waals surface area contributed by atoms with Crippen LogP contribution in [0.2, 0.25) is 0 Å². The minimum Gasteiger partial charge on any atom is -0.395 e. The van der Waals surface area contributed by atoms with Crippen LogP contribution < -0.4 is 0 Å². The third kappa shape index (κ3) is 4.80. The summed E-state index contributed by atoms with van der Waals surface area (Å²) in [6, 6.07) is 8.14. The van der Waals surface area contributed by atoms with E-state index in [2.05, 4.69) is 6.07 Å². The molecule has 122 valence electrons. The Bertz CT molecular complexity index is 493. The molecule has 22 heavy (non-hydrogen) atoms. The SMILES string of the molecule is Cc1cccc(CC(=O)N2CCOC[C@H]2CN(C)CCO)c1. The van der Waals surface area contributed by atoms with Gasteiger partial charge in [0.2, 0.25) is 5.91 Å². The lowest BCUT2D eigenvalue weighted by molar-refractivity contribution is -0.139. The van der Waals surface area contributed by atoms with E-state index in [1.165, 1.54) is 5.56 Å². The first-order valence-electron chi connectivity index (χ1n) is 7.82. The van der Waals surface area contributed by atoms with Crippen molar-refractivity contribution in [3.05, 3.63) is 35.4 Å². The number of ether oxygens (including phenoxy) is 1. The van der Waals surface area contributed by atoms with Crippen LogP contribution in [-0.2, 0) is 16.0 Å². The molecule has 1 heterocycles. The Balaban J connectivity index is 1.98. The van der Waals surface area contributed by atoms with Gasteiger partial charge in [0.05, 0.1) is 32.3 Å². The molecule has 1 saturated heterocycles. The van der Waals surface area contributed by atoms with Crippen LogP contribution in [-0.4, -0.2) is 73.4 Å². The molecule has 0 aromatic heterocycles. The first-order valence-corrected chi connectivity index (χ1v) is 7.82. The number of aliphatic hydroxyl groups is 1. The summed E-state index contributed by atoms with van der Waals surface area (Å²) < 4.78 is 5.53. The molecule has 0 bridgehead atoms. The second-order valence-electron chi connectivity index (χ2n) is 5.97. The van der Waals surface area contributed by atoms with E-state index >= 15 is 0 Å². The molecule has 0 spiro atoms. The molecule has 0 unspecified atom stereocenters. The number of aliphatic hydroxyl groups excluding tert-OH is 1. The van der Waals surface area contributed by atoms with Crippen molar-refractivity contribution in [1.82, 2.24) is 9.80 Å². The summed E-state index contributed by atoms with van der Waals surface area (Å²) in [5, 5.41) is 9.01. The van der Waals surface area contributed by atoms with E-state index in [1.54, 1.807) is 0 Å². The van der Waals surface area contributed by atoms with Gasteiger partial charge in [0.25, 0.3) is 0 Å². The lowest BCUT2D eigenvalue weighted by atomic mass is 10.1. The molecule has 1 amide bonds. The van der Waals surface area contributed by atoms with Gasteiger partial charge in [-0.25, -0.2) is 0 Å². The smallest absolute Gasteiger partial charge is 0.227 e. The maximum atomic E-state index is 12.6. The third-order valence-electron chi connectivity index (χ3n) is 3.99. The molecule has 1 aromatic carbocycles. The number of likely N-dealkylation sites (N-methyl/N-ethyl adjacent to an activating group) is 1. The van der Waals surface area contributed by atoms with E-state index in [-0.39, 0.29) is 18.6 Å². The number of benzene rings is 1. The summed E-state index contributed by atoms with van der Waals surface area (Å²) >= 11 is 0. The molecule has 0 saturated carbocycles. The second kappa shape index (κ2) is 8.27. The van der Waals surface area contributed by atoms with E-state index in [9.17, 15) is 4.79 Å². The lowest BCUT2D eigenvalue weighted by Crippen LogP contribution is -2.53. The summed E-state index contributed by atoms with van der Waals surface area (Å²) in [4.78, 5) is 16.6. The fraction of sp³-hybridized carbons (Fsp3) is 0.588. The number of carbonyl (C=O) groups is 1. The monoisotopic (exact) mass is 306 g/mol. The number of rotatable bonds is 6. The summed E-state index contributed by atoms with van der Waals surface area (Å²) in [6.07, 6.45) is 0.432. The Morgan fingerprint density at radius 2 is 2.32 bits per heavy atom. The summed E-state index contributed by atoms with van der Waals surface area (Å²) in [5.41, 5.74) is 2.23. The number of morpholine rings is 1. The van der Waals surface area contributed by atoms with Gasteiger partial charge in [-0.3, -0.25) is 4.79 Å². The zero-order valence-corrected chi connectivity index (χ0v) is 13.5. The Morgan fingerprint density at radius 3 is 3.05 bits per heavy atom. The first-order chi connectivity index (χ1) is 10.6. The third-order valence-corrected chi connectivity index (χ3v) is 3.99. The molecule has 1 atom stereocenters. The number of hydrogen-bond donors (Lipinski definition) is 1. The molecule has 1 N–H and O–H groups in total. The number of amides is 1. The molecule has 1 aliphatic rings. The van der Waals surface area contributed by atoms with Crippen LogP contribution in [0.1, 0.15) is 11.1 Å². The van der Waals surface area contributed by atoms with Crippen LogP contribution in [0.5, 0.6) is 0 Å². The number of nitrogens with zero attached hydrogens (tertiary/aromatic N) is 2. The van der Waals surface area contributed by atoms with E-state index < -0.39 is 0 Å². The van der Waals surface area contributed by atoms with Gasteiger partial charge in [-0.15, -0.1) is 0 Å². The highest BCUT2D eigenvalue weighted by Gasteiger charge is 2.28. The Labute approximate surface area is 132 Å². The fourth-order valence-corrected chi connectivity index (χ4v) is 2.85. The van der Waals surface area contributed by atoms with Gasteiger partial charge < -0.3 is 19.6 Å². The van der Waals surface area contributed by atoms with Gasteiger partial charge in [0.15, 0.2) is 0 Å². The average molecular weight is 306 g/mol. The molecule has 5 nitrogen and oxygen atoms in total. The van der Waals surface area contributed by atoms with Crippen molar-refractivity contribution < 1.29 is 14.6 Å². The molecule has 0 radical (unpaired) electrons. The van der Waals surface area contributed by atoms with Crippen molar-refractivity contribution in [2.75, 3.05) is 46.5 Å². The Kier molecular flexibility index (Phi) is 6.36. The van der Waals surface area contributed by atoms with Crippen molar-refractivity contribution in [2.45, 2.75) is 19.4 Å². The van der Waals surface area contributed by atoms with Crippen molar-refractivity contribution in [3.63, 3.8) is 0 Å². The summed E-state index contributed by atoms with van der Waals surface area (Å²) in [6.45, 7) is 5.30. The average Bonchev–Trinajstić information content (AvgIpc) is 2.48. The van der Waals surface area contributed by atoms with Gasteiger partial charge in [0, 0.05) is 19.6 Å². The Morgan fingerprint density at radius 1 is 1.50 bits per heavy atom. The van der Waals surface area contributed by atoms with Crippen LogP contribution in [0.4, 0.5) is 0 Å². The second-order valence-corrected chi connectivity index (χ2v) is 5.97. The number of aryl methyl sites for hydroxylation is 1. The number of carbonyl (C=O) groups excluding carboxylic acids is 1. The topological polar surface area (TPSA) is 53.0 Å². The minimum absolute atomic E-state index is 0.0580. The van der Waals surface area contributed by atoms with E-state index in [0.717, 1.165) is 12.1 Å². The van der Waals surface area contributed by atoms with E-state index in [0.29, 0.717) is 32.7 Å². The van der Waals surface area contributed by atoms with Crippen LogP contribution >= 0.6 is 0 Å². The first kappa shape index (κ1) is 16.9. The normalized spacial score (nSPS) is 18.7. The molecule has 2 rings (SSSR count). The standard InChI is InChI=1S/C17H26N2O3/c1-14-4-3-5-15(10-14)11-17(21)19-7-9-22-13-16(19)12-18(2)6-8-20/h3-5,10,16,20H,6-9,11-13H2,1-2H3/t16-/m1/s1. The molecule has 1 aliphatic heterocycles. The highest BCUT2D eigenvalue weighted by Crippen LogP contribution is 2.12.